The SMILES string of the molecule is C/C1=N/[C@@H]2OC3(C)OC4(C)O[C@H](O1)C1CC2C3C14. The van der Waals surface area contributed by atoms with Gasteiger partial charge in [-0.15, -0.1) is 0 Å². The average molecular weight is 251 g/mol. The molecule has 98 valence electrons. The zero-order chi connectivity index (χ0) is 12.3. The summed E-state index contributed by atoms with van der Waals surface area (Å²) >= 11 is 0. The van der Waals surface area contributed by atoms with Crippen molar-refractivity contribution in [3.05, 3.63) is 0 Å². The predicted octanol–water partition coefficient (Wildman–Crippen LogP) is 1.48. The van der Waals surface area contributed by atoms with Gasteiger partial charge < -0.3 is 18.9 Å². The fourth-order valence-corrected chi connectivity index (χ4v) is 5.14. The van der Waals surface area contributed by atoms with E-state index in [0.717, 1.165) is 6.42 Å². The van der Waals surface area contributed by atoms with E-state index in [2.05, 4.69) is 4.99 Å². The second kappa shape index (κ2) is 2.62. The molecule has 0 spiro atoms. The standard InChI is InChI=1S/C13H17NO4/c1-5-14-10-6-4-7-9-8(6)12(2,16-10)18-13(9,3)17-11(7)15-5/h6-11H,4H2,1-3H3/b14-5-/t6?,7?,8?,9?,10-,11+,12?,13?/m1/s1. The molecule has 0 amide bonds. The molecule has 4 fully saturated rings. The van der Waals surface area contributed by atoms with Crippen molar-refractivity contribution in [3.8, 4) is 0 Å². The summed E-state index contributed by atoms with van der Waals surface area (Å²) < 4.78 is 24.1. The van der Waals surface area contributed by atoms with E-state index >= 15 is 0 Å². The third-order valence-corrected chi connectivity index (χ3v) is 5.49. The van der Waals surface area contributed by atoms with Crippen LogP contribution in [-0.4, -0.2) is 30.0 Å². The van der Waals surface area contributed by atoms with Gasteiger partial charge in [-0.3, -0.25) is 0 Å². The van der Waals surface area contributed by atoms with Crippen LogP contribution in [0.3, 0.4) is 0 Å². The van der Waals surface area contributed by atoms with Crippen LogP contribution in [0.15, 0.2) is 4.99 Å². The van der Waals surface area contributed by atoms with E-state index in [1.165, 1.54) is 0 Å². The maximum Gasteiger partial charge on any atom is 0.207 e. The molecule has 8 atom stereocenters. The van der Waals surface area contributed by atoms with Crippen molar-refractivity contribution in [2.24, 2.45) is 28.7 Å². The highest BCUT2D eigenvalue weighted by molar-refractivity contribution is 5.73. The van der Waals surface area contributed by atoms with E-state index in [9.17, 15) is 0 Å². The molecule has 1 saturated carbocycles. The van der Waals surface area contributed by atoms with Crippen molar-refractivity contribution < 1.29 is 18.9 Å². The summed E-state index contributed by atoms with van der Waals surface area (Å²) in [5, 5.41) is 0. The van der Waals surface area contributed by atoms with Crippen LogP contribution >= 0.6 is 0 Å². The van der Waals surface area contributed by atoms with Crippen LogP contribution in [-0.2, 0) is 18.9 Å². The van der Waals surface area contributed by atoms with Crippen molar-refractivity contribution in [1.82, 2.24) is 0 Å². The van der Waals surface area contributed by atoms with Crippen molar-refractivity contribution >= 4 is 5.90 Å². The highest BCUT2D eigenvalue weighted by Crippen LogP contribution is 2.69. The average Bonchev–Trinajstić information content (AvgIpc) is 2.86. The zero-order valence-corrected chi connectivity index (χ0v) is 10.8. The Kier molecular flexibility index (Phi) is 1.48. The van der Waals surface area contributed by atoms with Crippen LogP contribution < -0.4 is 0 Å². The van der Waals surface area contributed by atoms with Gasteiger partial charge in [0.2, 0.25) is 6.29 Å². The summed E-state index contributed by atoms with van der Waals surface area (Å²) in [5.74, 6) is 1.24. The summed E-state index contributed by atoms with van der Waals surface area (Å²) in [7, 11) is 0. The van der Waals surface area contributed by atoms with Gasteiger partial charge >= 0.3 is 0 Å². The van der Waals surface area contributed by atoms with Crippen molar-refractivity contribution in [3.63, 3.8) is 0 Å². The fraction of sp³-hybridized carbons (Fsp3) is 0.923. The minimum Gasteiger partial charge on any atom is -0.452 e. The molecule has 18 heavy (non-hydrogen) atoms. The first-order valence-corrected chi connectivity index (χ1v) is 6.77. The molecule has 4 heterocycles. The molecule has 5 heteroatoms. The lowest BCUT2D eigenvalue weighted by atomic mass is 9.82. The van der Waals surface area contributed by atoms with Crippen LogP contribution in [0.5, 0.6) is 0 Å². The highest BCUT2D eigenvalue weighted by atomic mass is 16.8. The van der Waals surface area contributed by atoms with E-state index in [4.69, 9.17) is 18.9 Å². The van der Waals surface area contributed by atoms with Gasteiger partial charge in [-0.1, -0.05) is 0 Å². The van der Waals surface area contributed by atoms with Crippen molar-refractivity contribution in [2.75, 3.05) is 0 Å². The van der Waals surface area contributed by atoms with Gasteiger partial charge in [0.15, 0.2) is 23.7 Å². The summed E-state index contributed by atoms with van der Waals surface area (Å²) in [6, 6.07) is 0. The Morgan fingerprint density at radius 2 is 1.83 bits per heavy atom. The fourth-order valence-electron chi connectivity index (χ4n) is 5.14. The lowest BCUT2D eigenvalue weighted by Gasteiger charge is -2.31. The molecule has 6 unspecified atom stereocenters. The summed E-state index contributed by atoms with van der Waals surface area (Å²) in [6.07, 6.45) is 0.784. The number of rotatable bonds is 0. The van der Waals surface area contributed by atoms with E-state index in [0.29, 0.717) is 29.6 Å². The van der Waals surface area contributed by atoms with Gasteiger partial charge in [-0.25, -0.2) is 4.99 Å². The predicted molar refractivity (Wildman–Crippen MR) is 60.4 cm³/mol. The molecule has 5 nitrogen and oxygen atoms in total. The van der Waals surface area contributed by atoms with Crippen LogP contribution in [0.4, 0.5) is 0 Å². The zero-order valence-electron chi connectivity index (χ0n) is 10.8. The third kappa shape index (κ3) is 0.897. The first-order valence-electron chi connectivity index (χ1n) is 6.77. The maximum absolute atomic E-state index is 6.16. The summed E-state index contributed by atoms with van der Waals surface area (Å²) in [4.78, 5) is 4.55. The minimum absolute atomic E-state index is 0.101. The Morgan fingerprint density at radius 1 is 1.11 bits per heavy atom. The maximum atomic E-state index is 6.16. The second-order valence-electron chi connectivity index (χ2n) is 6.51. The van der Waals surface area contributed by atoms with Crippen LogP contribution in [0, 0.1) is 23.7 Å². The number of hydrogen-bond donors (Lipinski definition) is 0. The van der Waals surface area contributed by atoms with Gasteiger partial charge in [0, 0.05) is 30.6 Å². The second-order valence-corrected chi connectivity index (χ2v) is 6.51. The number of aliphatic imine (C=N–C) groups is 1. The number of nitrogens with zero attached hydrogens (tertiary/aromatic N) is 1. The number of ether oxygens (including phenoxy) is 4. The first-order chi connectivity index (χ1) is 8.50. The first kappa shape index (κ1) is 10.2. The Labute approximate surface area is 105 Å². The minimum atomic E-state index is -0.550. The number of hydrogen-bond acceptors (Lipinski definition) is 5. The molecule has 0 N–H and O–H groups in total. The molecule has 4 aliphatic heterocycles. The monoisotopic (exact) mass is 251 g/mol. The van der Waals surface area contributed by atoms with Crippen molar-refractivity contribution in [1.29, 1.82) is 0 Å². The van der Waals surface area contributed by atoms with Crippen LogP contribution in [0.25, 0.3) is 0 Å². The Hall–Kier alpha value is -0.650. The topological polar surface area (TPSA) is 49.3 Å². The Morgan fingerprint density at radius 3 is 2.67 bits per heavy atom. The van der Waals surface area contributed by atoms with Gasteiger partial charge in [0.25, 0.3) is 0 Å². The Bertz CT molecular complexity index is 480. The van der Waals surface area contributed by atoms with Gasteiger partial charge in [0.1, 0.15) is 0 Å². The molecular weight excluding hydrogens is 234 g/mol. The van der Waals surface area contributed by atoms with E-state index in [-0.39, 0.29) is 12.5 Å². The third-order valence-electron chi connectivity index (χ3n) is 5.49. The quantitative estimate of drug-likeness (QED) is 0.654. The van der Waals surface area contributed by atoms with Crippen LogP contribution in [0.2, 0.25) is 0 Å². The smallest absolute Gasteiger partial charge is 0.207 e. The highest BCUT2D eigenvalue weighted by Gasteiger charge is 2.78. The van der Waals surface area contributed by atoms with Crippen molar-refractivity contribution in [2.45, 2.75) is 51.3 Å². The molecule has 0 radical (unpaired) electrons. The largest absolute Gasteiger partial charge is 0.452 e. The molecule has 0 aromatic carbocycles. The van der Waals surface area contributed by atoms with Crippen LogP contribution in [0.1, 0.15) is 27.2 Å². The molecule has 5 aliphatic rings. The van der Waals surface area contributed by atoms with Gasteiger partial charge in [0.05, 0.1) is 0 Å². The summed E-state index contributed by atoms with van der Waals surface area (Å²) in [5.41, 5.74) is 0. The molecular formula is C13H17NO4. The molecule has 3 saturated heterocycles. The lowest BCUT2D eigenvalue weighted by Crippen LogP contribution is -2.38. The van der Waals surface area contributed by atoms with E-state index < -0.39 is 11.6 Å². The molecule has 0 aromatic rings. The lowest BCUT2D eigenvalue weighted by molar-refractivity contribution is -0.328. The molecule has 1 aliphatic carbocycles. The van der Waals surface area contributed by atoms with Gasteiger partial charge in [-0.2, -0.15) is 0 Å². The molecule has 0 aromatic heterocycles. The van der Waals surface area contributed by atoms with Gasteiger partial charge in [-0.05, 0) is 20.3 Å². The normalized spacial score (nSPS) is 69.8. The summed E-state index contributed by atoms with van der Waals surface area (Å²) in [6.45, 7) is 5.96. The Balaban J connectivity index is 1.75. The van der Waals surface area contributed by atoms with E-state index in [1.54, 1.807) is 0 Å². The van der Waals surface area contributed by atoms with E-state index in [1.807, 2.05) is 20.8 Å². The molecule has 2 bridgehead atoms. The molecule has 5 rings (SSSR count).